The second-order valence-corrected chi connectivity index (χ2v) is 6.68. The third-order valence-electron chi connectivity index (χ3n) is 4.32. The molecule has 1 saturated heterocycles. The fourth-order valence-electron chi connectivity index (χ4n) is 2.90. The molecule has 0 saturated carbocycles. The van der Waals surface area contributed by atoms with Gasteiger partial charge in [-0.3, -0.25) is 9.59 Å². The summed E-state index contributed by atoms with van der Waals surface area (Å²) >= 11 is 1.53. The zero-order chi connectivity index (χ0) is 15.7. The Morgan fingerprint density at radius 3 is 2.68 bits per heavy atom. The van der Waals surface area contributed by atoms with Gasteiger partial charge in [0.25, 0.3) is 5.91 Å². The van der Waals surface area contributed by atoms with Gasteiger partial charge < -0.3 is 10.6 Å². The highest BCUT2D eigenvalue weighted by Crippen LogP contribution is 2.33. The maximum atomic E-state index is 12.7. The number of nitrogens with two attached hydrogens (primary N) is 1. The average molecular weight is 314 g/mol. The molecule has 22 heavy (non-hydrogen) atoms. The number of likely N-dealkylation sites (tertiary alicyclic amines) is 1. The molecule has 0 aliphatic carbocycles. The Bertz CT molecular complexity index is 710. The van der Waals surface area contributed by atoms with Gasteiger partial charge in [-0.2, -0.15) is 0 Å². The van der Waals surface area contributed by atoms with Gasteiger partial charge in [0.1, 0.15) is 5.54 Å². The number of thiophene rings is 1. The zero-order valence-corrected chi connectivity index (χ0v) is 13.2. The van der Waals surface area contributed by atoms with Gasteiger partial charge in [0.15, 0.2) is 0 Å². The van der Waals surface area contributed by atoms with Crippen LogP contribution in [-0.2, 0) is 4.79 Å². The second-order valence-electron chi connectivity index (χ2n) is 5.76. The fraction of sp³-hybridized carbons (Fsp3) is 0.294. The highest BCUT2D eigenvalue weighted by atomic mass is 32.1. The summed E-state index contributed by atoms with van der Waals surface area (Å²) < 4.78 is 0. The molecule has 1 aliphatic heterocycles. The molecular formula is C17H18N2O2S. The minimum absolute atomic E-state index is 0.114. The van der Waals surface area contributed by atoms with Crippen molar-refractivity contribution in [1.82, 2.24) is 4.90 Å². The van der Waals surface area contributed by atoms with Crippen molar-refractivity contribution in [2.24, 2.45) is 5.73 Å². The summed E-state index contributed by atoms with van der Waals surface area (Å²) in [6.07, 6.45) is 1.44. The number of carbonyl (C=O) groups excluding carboxylic acids is 2. The molecule has 1 aromatic heterocycles. The van der Waals surface area contributed by atoms with Gasteiger partial charge in [-0.15, -0.1) is 11.3 Å². The number of nitrogens with zero attached hydrogens (tertiary/aromatic N) is 1. The van der Waals surface area contributed by atoms with Crippen molar-refractivity contribution in [3.63, 3.8) is 0 Å². The van der Waals surface area contributed by atoms with E-state index >= 15 is 0 Å². The largest absolute Gasteiger partial charge is 0.368 e. The van der Waals surface area contributed by atoms with Crippen LogP contribution < -0.4 is 5.73 Å². The van der Waals surface area contributed by atoms with Crippen LogP contribution in [0, 0.1) is 0 Å². The molecular weight excluding hydrogens is 296 g/mol. The van der Waals surface area contributed by atoms with Crippen LogP contribution in [0.25, 0.3) is 10.4 Å². The van der Waals surface area contributed by atoms with Crippen LogP contribution in [-0.4, -0.2) is 28.8 Å². The third-order valence-corrected chi connectivity index (χ3v) is 5.30. The van der Waals surface area contributed by atoms with E-state index in [1.54, 1.807) is 11.8 Å². The number of primary amides is 1. The predicted octanol–water partition coefficient (Wildman–Crippen LogP) is 2.90. The lowest BCUT2D eigenvalue weighted by Crippen LogP contribution is -2.53. The highest BCUT2D eigenvalue weighted by Gasteiger charge is 2.44. The van der Waals surface area contributed by atoms with Gasteiger partial charge in [-0.1, -0.05) is 30.3 Å². The van der Waals surface area contributed by atoms with Crippen molar-refractivity contribution in [2.45, 2.75) is 25.3 Å². The Morgan fingerprint density at radius 2 is 2.00 bits per heavy atom. The number of amides is 2. The molecule has 5 heteroatoms. The van der Waals surface area contributed by atoms with Gasteiger partial charge in [-0.05, 0) is 31.4 Å². The van der Waals surface area contributed by atoms with Gasteiger partial charge in [0.05, 0.1) is 5.56 Å². The van der Waals surface area contributed by atoms with Crippen molar-refractivity contribution < 1.29 is 9.59 Å². The molecule has 114 valence electrons. The van der Waals surface area contributed by atoms with Crippen molar-refractivity contribution in [1.29, 1.82) is 0 Å². The lowest BCUT2D eigenvalue weighted by atomic mass is 9.97. The summed E-state index contributed by atoms with van der Waals surface area (Å²) in [4.78, 5) is 27.1. The zero-order valence-electron chi connectivity index (χ0n) is 12.4. The number of hydrogen-bond acceptors (Lipinski definition) is 3. The number of benzene rings is 1. The summed E-state index contributed by atoms with van der Waals surface area (Å²) in [5, 5.41) is 1.85. The molecule has 0 radical (unpaired) electrons. The van der Waals surface area contributed by atoms with E-state index in [9.17, 15) is 9.59 Å². The van der Waals surface area contributed by atoms with Crippen LogP contribution in [0.2, 0.25) is 0 Å². The van der Waals surface area contributed by atoms with Crippen LogP contribution in [0.15, 0.2) is 41.8 Å². The van der Waals surface area contributed by atoms with E-state index in [2.05, 4.69) is 0 Å². The fourth-order valence-corrected chi connectivity index (χ4v) is 3.79. The van der Waals surface area contributed by atoms with Crippen LogP contribution >= 0.6 is 11.3 Å². The number of carbonyl (C=O) groups is 2. The summed E-state index contributed by atoms with van der Waals surface area (Å²) in [7, 11) is 0. The van der Waals surface area contributed by atoms with Crippen LogP contribution in [0.4, 0.5) is 0 Å². The molecule has 2 N–H and O–H groups in total. The quantitative estimate of drug-likeness (QED) is 0.947. The monoisotopic (exact) mass is 314 g/mol. The summed E-state index contributed by atoms with van der Waals surface area (Å²) in [6, 6.07) is 11.8. The smallest absolute Gasteiger partial charge is 0.255 e. The second kappa shape index (κ2) is 5.57. The molecule has 2 amide bonds. The maximum absolute atomic E-state index is 12.7. The number of hydrogen-bond donors (Lipinski definition) is 1. The Kier molecular flexibility index (Phi) is 3.74. The van der Waals surface area contributed by atoms with Crippen molar-refractivity contribution in [2.75, 3.05) is 6.54 Å². The van der Waals surface area contributed by atoms with Crippen LogP contribution in [0.3, 0.4) is 0 Å². The number of rotatable bonds is 3. The molecule has 1 atom stereocenters. The van der Waals surface area contributed by atoms with Crippen molar-refractivity contribution in [3.8, 4) is 10.4 Å². The lowest BCUT2D eigenvalue weighted by molar-refractivity contribution is -0.126. The standard InChI is InChI=1S/C17H18N2O2S/c1-17(16(18)21)8-5-9-19(17)15(20)13-10-14(22-11-13)12-6-3-2-4-7-12/h2-4,6-7,10-11H,5,8-9H2,1H3,(H2,18,21)/t17-/m0/s1. The maximum Gasteiger partial charge on any atom is 0.255 e. The molecule has 1 aromatic carbocycles. The molecule has 1 fully saturated rings. The van der Waals surface area contributed by atoms with Crippen LogP contribution in [0.1, 0.15) is 30.1 Å². The van der Waals surface area contributed by atoms with E-state index in [-0.39, 0.29) is 5.91 Å². The minimum atomic E-state index is -0.869. The van der Waals surface area contributed by atoms with E-state index in [4.69, 9.17) is 5.73 Å². The first-order valence-electron chi connectivity index (χ1n) is 7.28. The molecule has 4 nitrogen and oxygen atoms in total. The Hall–Kier alpha value is -2.14. The molecule has 2 aromatic rings. The summed E-state index contributed by atoms with van der Waals surface area (Å²) in [6.45, 7) is 2.33. The molecule has 0 spiro atoms. The first kappa shape index (κ1) is 14.8. The van der Waals surface area contributed by atoms with Gasteiger partial charge in [0, 0.05) is 16.8 Å². The first-order valence-corrected chi connectivity index (χ1v) is 8.16. The molecule has 0 bridgehead atoms. The topological polar surface area (TPSA) is 63.4 Å². The Balaban J connectivity index is 1.88. The molecule has 3 rings (SSSR count). The summed E-state index contributed by atoms with van der Waals surface area (Å²) in [5.41, 5.74) is 6.35. The highest BCUT2D eigenvalue weighted by molar-refractivity contribution is 7.13. The van der Waals surface area contributed by atoms with E-state index in [0.717, 1.165) is 16.9 Å². The first-order chi connectivity index (χ1) is 10.5. The van der Waals surface area contributed by atoms with Crippen LogP contribution in [0.5, 0.6) is 0 Å². The summed E-state index contributed by atoms with van der Waals surface area (Å²) in [5.74, 6) is -0.547. The Labute approximate surface area is 133 Å². The lowest BCUT2D eigenvalue weighted by Gasteiger charge is -2.32. The SMILES string of the molecule is C[C@@]1(C(N)=O)CCCN1C(=O)c1csc(-c2ccccc2)c1. The van der Waals surface area contributed by atoms with E-state index in [0.29, 0.717) is 18.5 Å². The van der Waals surface area contributed by atoms with E-state index in [1.165, 1.54) is 11.3 Å². The molecule has 0 unspecified atom stereocenters. The normalized spacial score (nSPS) is 21.0. The van der Waals surface area contributed by atoms with Gasteiger partial charge >= 0.3 is 0 Å². The third kappa shape index (κ3) is 2.41. The van der Waals surface area contributed by atoms with Gasteiger partial charge in [0.2, 0.25) is 5.91 Å². The predicted molar refractivity (Wildman–Crippen MR) is 87.6 cm³/mol. The van der Waals surface area contributed by atoms with Crippen molar-refractivity contribution in [3.05, 3.63) is 47.3 Å². The Morgan fingerprint density at radius 1 is 1.27 bits per heavy atom. The molecule has 1 aliphatic rings. The van der Waals surface area contributed by atoms with E-state index < -0.39 is 11.4 Å². The van der Waals surface area contributed by atoms with Crippen molar-refractivity contribution >= 4 is 23.2 Å². The average Bonchev–Trinajstić information content (AvgIpc) is 3.15. The minimum Gasteiger partial charge on any atom is -0.368 e. The van der Waals surface area contributed by atoms with Gasteiger partial charge in [-0.25, -0.2) is 0 Å². The van der Waals surface area contributed by atoms with E-state index in [1.807, 2.05) is 41.8 Å². The molecule has 2 heterocycles.